The first-order valence-electron chi connectivity index (χ1n) is 6.78. The minimum absolute atomic E-state index is 0.657. The monoisotopic (exact) mass is 356 g/mol. The van der Waals surface area contributed by atoms with Crippen LogP contribution in [0.25, 0.3) is 0 Å². The quantitative estimate of drug-likeness (QED) is 0.130. The van der Waals surface area contributed by atoms with Gasteiger partial charge in [-0.15, -0.1) is 0 Å². The lowest BCUT2D eigenvalue weighted by Crippen LogP contribution is -2.92. The van der Waals surface area contributed by atoms with Gasteiger partial charge in [-0.2, -0.15) is 4.48 Å². The number of likely N-dealkylation sites (tertiary alicyclic amines) is 1. The average Bonchev–Trinajstić information content (AvgIpc) is 2.29. The standard InChI is InChI=1S/C12H21NO11/c1-6(14)24-7(12(22,23)8(15)16)4-13(10(3,18)19)9(2,17)5-11(13,20)21/h7,17-23H,4-5H2,1-3H3/p+1. The first-order chi connectivity index (χ1) is 10.4. The fraction of sp³-hybridized carbons (Fsp3) is 0.833. The highest BCUT2D eigenvalue weighted by Crippen LogP contribution is 2.53. The summed E-state index contributed by atoms with van der Waals surface area (Å²) in [5.74, 6) is -13.2. The number of carbonyl (C=O) groups excluding carboxylic acids is 1. The number of aliphatic hydroxyl groups is 7. The number of carbonyl (C=O) groups is 2. The summed E-state index contributed by atoms with van der Waals surface area (Å²) in [7, 11) is 0. The predicted octanol–water partition coefficient (Wildman–Crippen LogP) is -4.09. The lowest BCUT2D eigenvalue weighted by atomic mass is 9.85. The number of hydrogen-bond donors (Lipinski definition) is 8. The number of esters is 1. The van der Waals surface area contributed by atoms with Gasteiger partial charge in [-0.05, 0) is 0 Å². The molecule has 0 aromatic heterocycles. The summed E-state index contributed by atoms with van der Waals surface area (Å²) in [4.78, 5) is 22.1. The molecule has 1 saturated heterocycles. The van der Waals surface area contributed by atoms with Gasteiger partial charge in [-0.25, -0.2) is 4.79 Å². The van der Waals surface area contributed by atoms with Crippen LogP contribution in [0.1, 0.15) is 27.2 Å². The highest BCUT2D eigenvalue weighted by atomic mass is 16.6. The zero-order valence-corrected chi connectivity index (χ0v) is 13.2. The summed E-state index contributed by atoms with van der Waals surface area (Å²) in [6, 6.07) is 0. The van der Waals surface area contributed by atoms with Crippen molar-refractivity contribution in [1.82, 2.24) is 0 Å². The van der Waals surface area contributed by atoms with Gasteiger partial charge < -0.3 is 45.6 Å². The average molecular weight is 356 g/mol. The SMILES string of the molecule is CC(=O)OC(C[N+]1(C(C)(O)O)C(C)(O)CC1(O)O)C(O)(O)C(=O)O. The molecular weight excluding hydrogens is 334 g/mol. The molecule has 24 heavy (non-hydrogen) atoms. The van der Waals surface area contributed by atoms with Gasteiger partial charge in [-0.1, -0.05) is 0 Å². The zero-order chi connectivity index (χ0) is 19.4. The molecule has 12 heteroatoms. The first kappa shape index (κ1) is 20.7. The number of nitrogens with zero attached hydrogens (tertiary/aromatic N) is 1. The Bertz CT molecular complexity index is 502. The van der Waals surface area contributed by atoms with Crippen molar-refractivity contribution in [3.8, 4) is 0 Å². The molecule has 0 spiro atoms. The number of carboxylic acid groups (broad SMARTS) is 1. The van der Waals surface area contributed by atoms with Crippen molar-refractivity contribution in [3.05, 3.63) is 0 Å². The molecule has 0 radical (unpaired) electrons. The van der Waals surface area contributed by atoms with Gasteiger partial charge in [0.1, 0.15) is 13.0 Å². The zero-order valence-electron chi connectivity index (χ0n) is 13.2. The number of quaternary nitrogens is 1. The van der Waals surface area contributed by atoms with E-state index in [4.69, 9.17) is 5.11 Å². The molecule has 0 aromatic carbocycles. The first-order valence-corrected chi connectivity index (χ1v) is 6.78. The molecule has 0 aromatic rings. The molecule has 1 rings (SSSR count). The molecule has 0 bridgehead atoms. The number of carboxylic acids is 1. The molecule has 0 saturated carbocycles. The van der Waals surface area contributed by atoms with E-state index in [9.17, 15) is 45.3 Å². The van der Waals surface area contributed by atoms with Crippen LogP contribution in [-0.2, 0) is 14.3 Å². The number of aliphatic carboxylic acids is 1. The van der Waals surface area contributed by atoms with E-state index in [0.29, 0.717) is 6.92 Å². The van der Waals surface area contributed by atoms with Crippen molar-refractivity contribution in [2.24, 2.45) is 0 Å². The van der Waals surface area contributed by atoms with Crippen molar-refractivity contribution in [2.45, 2.75) is 56.6 Å². The van der Waals surface area contributed by atoms with Crippen LogP contribution in [0.3, 0.4) is 0 Å². The predicted molar refractivity (Wildman–Crippen MR) is 70.7 cm³/mol. The number of ether oxygens (including phenoxy) is 1. The van der Waals surface area contributed by atoms with Crippen LogP contribution in [0.2, 0.25) is 0 Å². The van der Waals surface area contributed by atoms with Crippen LogP contribution in [0.15, 0.2) is 0 Å². The van der Waals surface area contributed by atoms with Gasteiger partial charge in [0.2, 0.25) is 11.8 Å². The summed E-state index contributed by atoms with van der Waals surface area (Å²) in [5.41, 5.74) is -2.24. The van der Waals surface area contributed by atoms with Crippen LogP contribution in [0.4, 0.5) is 0 Å². The summed E-state index contributed by atoms with van der Waals surface area (Å²) in [6.07, 6.45) is -3.16. The minimum Gasteiger partial charge on any atom is -0.477 e. The molecule has 3 atom stereocenters. The van der Waals surface area contributed by atoms with E-state index in [2.05, 4.69) is 4.74 Å². The highest BCUT2D eigenvalue weighted by molar-refractivity contribution is 5.76. The third-order valence-electron chi connectivity index (χ3n) is 4.24. The molecule has 1 heterocycles. The minimum atomic E-state index is -3.70. The van der Waals surface area contributed by atoms with Crippen LogP contribution in [-0.4, -0.2) is 93.3 Å². The van der Waals surface area contributed by atoms with E-state index in [1.807, 2.05) is 0 Å². The van der Waals surface area contributed by atoms with Crippen LogP contribution < -0.4 is 0 Å². The molecule has 1 fully saturated rings. The Morgan fingerprint density at radius 2 is 1.67 bits per heavy atom. The van der Waals surface area contributed by atoms with Crippen molar-refractivity contribution >= 4 is 11.9 Å². The largest absolute Gasteiger partial charge is 0.477 e. The highest BCUT2D eigenvalue weighted by Gasteiger charge is 2.81. The van der Waals surface area contributed by atoms with Gasteiger partial charge in [0.05, 0.1) is 0 Å². The third kappa shape index (κ3) is 2.87. The van der Waals surface area contributed by atoms with Crippen LogP contribution in [0.5, 0.6) is 0 Å². The molecule has 12 nitrogen and oxygen atoms in total. The second kappa shape index (κ2) is 5.57. The van der Waals surface area contributed by atoms with Gasteiger partial charge >= 0.3 is 29.5 Å². The Morgan fingerprint density at radius 1 is 1.21 bits per heavy atom. The summed E-state index contributed by atoms with van der Waals surface area (Å²) >= 11 is 0. The number of rotatable bonds is 6. The molecule has 1 aliphatic heterocycles. The third-order valence-corrected chi connectivity index (χ3v) is 4.24. The maximum absolute atomic E-state index is 11.1. The van der Waals surface area contributed by atoms with Crippen molar-refractivity contribution in [2.75, 3.05) is 6.54 Å². The molecule has 3 unspecified atom stereocenters. The van der Waals surface area contributed by atoms with E-state index < -0.39 is 58.8 Å². The van der Waals surface area contributed by atoms with E-state index >= 15 is 0 Å². The van der Waals surface area contributed by atoms with Gasteiger partial charge in [0.15, 0.2) is 0 Å². The fourth-order valence-electron chi connectivity index (χ4n) is 3.16. The topological polar surface area (TPSA) is 205 Å². The van der Waals surface area contributed by atoms with Crippen LogP contribution >= 0.6 is 0 Å². The van der Waals surface area contributed by atoms with E-state index in [1.165, 1.54) is 0 Å². The fourth-order valence-corrected chi connectivity index (χ4v) is 3.16. The van der Waals surface area contributed by atoms with Gasteiger partial charge in [0.25, 0.3) is 0 Å². The maximum atomic E-state index is 11.1. The smallest absolute Gasteiger partial charge is 0.368 e. The van der Waals surface area contributed by atoms with Crippen molar-refractivity contribution in [1.29, 1.82) is 0 Å². The Hall–Kier alpha value is -1.38. The molecule has 140 valence electrons. The van der Waals surface area contributed by atoms with Crippen molar-refractivity contribution in [3.63, 3.8) is 0 Å². The Balaban J connectivity index is 3.45. The molecule has 1 aliphatic rings. The van der Waals surface area contributed by atoms with Gasteiger partial charge in [-0.3, -0.25) is 4.79 Å². The maximum Gasteiger partial charge on any atom is 0.368 e. The number of hydrogen-bond acceptors (Lipinski definition) is 10. The molecule has 8 N–H and O–H groups in total. The summed E-state index contributed by atoms with van der Waals surface area (Å²) in [5, 5.41) is 78.3. The second-order valence-electron chi connectivity index (χ2n) is 6.26. The van der Waals surface area contributed by atoms with E-state index in [0.717, 1.165) is 13.8 Å². The second-order valence-corrected chi connectivity index (χ2v) is 6.26. The normalized spacial score (nSPS) is 31.1. The summed E-state index contributed by atoms with van der Waals surface area (Å²) in [6.45, 7) is 1.18. The van der Waals surface area contributed by atoms with Crippen molar-refractivity contribution < 1.29 is 59.7 Å². The molecular formula is C12H22NO11+. The van der Waals surface area contributed by atoms with Crippen LogP contribution in [0, 0.1) is 0 Å². The Morgan fingerprint density at radius 3 is 1.92 bits per heavy atom. The summed E-state index contributed by atoms with van der Waals surface area (Å²) < 4.78 is 2.67. The molecule has 0 amide bonds. The lowest BCUT2D eigenvalue weighted by molar-refractivity contribution is -1.19. The van der Waals surface area contributed by atoms with E-state index in [1.54, 1.807) is 0 Å². The molecule has 0 aliphatic carbocycles. The van der Waals surface area contributed by atoms with E-state index in [-0.39, 0.29) is 0 Å². The Labute approximate surface area is 136 Å². The lowest BCUT2D eigenvalue weighted by Gasteiger charge is -2.66. The van der Waals surface area contributed by atoms with Gasteiger partial charge in [0, 0.05) is 20.8 Å². The Kier molecular flexibility index (Phi) is 4.80.